The number of urea groups is 1. The first-order valence-electron chi connectivity index (χ1n) is 11.1. The third-order valence-corrected chi connectivity index (χ3v) is 8.46. The molecule has 3 rings (SSSR count). The van der Waals surface area contributed by atoms with Crippen molar-refractivity contribution in [3.05, 3.63) is 94.5 Å². The summed E-state index contributed by atoms with van der Waals surface area (Å²) in [6, 6.07) is 16.2. The molecule has 0 aliphatic rings. The number of benzene rings is 3. The molecular weight excluding hydrogens is 554 g/mol. The van der Waals surface area contributed by atoms with E-state index in [0.29, 0.717) is 5.56 Å². The van der Waals surface area contributed by atoms with Crippen LogP contribution in [0.5, 0.6) is 0 Å². The number of nitrogens with zero attached hydrogens (tertiary/aromatic N) is 2. The lowest BCUT2D eigenvalue weighted by atomic mass is 10.2. The van der Waals surface area contributed by atoms with Gasteiger partial charge in [-0.25, -0.2) is 31.8 Å². The number of nitro groups is 1. The highest BCUT2D eigenvalue weighted by Gasteiger charge is 2.26. The normalized spacial score (nSPS) is 11.5. The monoisotopic (exact) mass is 577 g/mol. The molecule has 14 nitrogen and oxygen atoms in total. The molecular formula is C23H23N5O9S2. The van der Waals surface area contributed by atoms with Crippen molar-refractivity contribution in [3.8, 4) is 0 Å². The van der Waals surface area contributed by atoms with Crippen molar-refractivity contribution < 1.29 is 36.6 Å². The van der Waals surface area contributed by atoms with Gasteiger partial charge in [-0.3, -0.25) is 20.1 Å². The first-order valence-corrected chi connectivity index (χ1v) is 14.0. The molecule has 0 atom stereocenters. The molecule has 0 aliphatic carbocycles. The molecule has 206 valence electrons. The molecule has 4 N–H and O–H groups in total. The van der Waals surface area contributed by atoms with Gasteiger partial charge in [-0.15, -0.1) is 0 Å². The summed E-state index contributed by atoms with van der Waals surface area (Å²) in [7, 11) is -8.35. The number of hydrogen-bond donors (Lipinski definition) is 4. The van der Waals surface area contributed by atoms with Crippen LogP contribution in [0.3, 0.4) is 0 Å². The highest BCUT2D eigenvalue weighted by Crippen LogP contribution is 2.22. The molecule has 39 heavy (non-hydrogen) atoms. The van der Waals surface area contributed by atoms with Crippen molar-refractivity contribution in [2.24, 2.45) is 0 Å². The molecule has 0 spiro atoms. The zero-order chi connectivity index (χ0) is 28.6. The Bertz CT molecular complexity index is 1550. The van der Waals surface area contributed by atoms with Gasteiger partial charge in [0, 0.05) is 37.3 Å². The van der Waals surface area contributed by atoms with Crippen molar-refractivity contribution >= 4 is 43.4 Å². The van der Waals surface area contributed by atoms with E-state index in [1.54, 1.807) is 6.07 Å². The first-order chi connectivity index (χ1) is 18.4. The van der Waals surface area contributed by atoms with E-state index >= 15 is 0 Å². The highest BCUT2D eigenvalue weighted by atomic mass is 32.2. The maximum atomic E-state index is 13.3. The van der Waals surface area contributed by atoms with Crippen LogP contribution in [0.15, 0.2) is 88.7 Å². The van der Waals surface area contributed by atoms with Crippen LogP contribution >= 0.6 is 0 Å². The molecule has 0 unspecified atom stereocenters. The number of anilines is 1. The number of sulfonamides is 2. The Morgan fingerprint density at radius 3 is 2.05 bits per heavy atom. The van der Waals surface area contributed by atoms with Crippen molar-refractivity contribution in [1.82, 2.24) is 14.5 Å². The van der Waals surface area contributed by atoms with Crippen LogP contribution in [-0.2, 0) is 31.4 Å². The smallest absolute Gasteiger partial charge is 0.307 e. The summed E-state index contributed by atoms with van der Waals surface area (Å²) in [5.41, 5.74) is 1.74. The number of carbonyl (C=O) groups is 2. The first kappa shape index (κ1) is 29.2. The quantitative estimate of drug-likeness (QED) is 0.149. The van der Waals surface area contributed by atoms with Gasteiger partial charge in [0.05, 0.1) is 14.7 Å². The Morgan fingerprint density at radius 2 is 1.49 bits per heavy atom. The van der Waals surface area contributed by atoms with E-state index in [-0.39, 0.29) is 40.7 Å². The third-order valence-electron chi connectivity index (χ3n) is 5.25. The summed E-state index contributed by atoms with van der Waals surface area (Å²) < 4.78 is 54.1. The topological polar surface area (TPSA) is 205 Å². The van der Waals surface area contributed by atoms with E-state index in [1.807, 2.05) is 4.72 Å². The fraction of sp³-hybridized carbons (Fsp3) is 0.130. The molecule has 3 amide bonds. The Labute approximate surface area is 223 Å². The van der Waals surface area contributed by atoms with E-state index in [2.05, 4.69) is 5.32 Å². The highest BCUT2D eigenvalue weighted by molar-refractivity contribution is 7.90. The molecule has 16 heteroatoms. The maximum Gasteiger partial charge on any atom is 0.333 e. The van der Waals surface area contributed by atoms with Gasteiger partial charge in [0.15, 0.2) is 0 Å². The predicted octanol–water partition coefficient (Wildman–Crippen LogP) is 2.19. The molecule has 0 radical (unpaired) electrons. The van der Waals surface area contributed by atoms with Gasteiger partial charge in [-0.05, 0) is 42.0 Å². The molecule has 0 fully saturated rings. The van der Waals surface area contributed by atoms with Crippen LogP contribution < -0.4 is 15.5 Å². The van der Waals surface area contributed by atoms with Crippen LogP contribution in [0.4, 0.5) is 16.2 Å². The van der Waals surface area contributed by atoms with E-state index < -0.39 is 36.9 Å². The van der Waals surface area contributed by atoms with Crippen molar-refractivity contribution in [1.29, 1.82) is 0 Å². The zero-order valence-corrected chi connectivity index (χ0v) is 21.7. The molecule has 0 aromatic heterocycles. The van der Waals surface area contributed by atoms with Crippen LogP contribution in [0.1, 0.15) is 12.0 Å². The Balaban J connectivity index is 1.76. The van der Waals surface area contributed by atoms with Gasteiger partial charge in [0.1, 0.15) is 0 Å². The maximum absolute atomic E-state index is 13.3. The van der Waals surface area contributed by atoms with Crippen LogP contribution in [0.2, 0.25) is 0 Å². The van der Waals surface area contributed by atoms with Gasteiger partial charge < -0.3 is 5.32 Å². The summed E-state index contributed by atoms with van der Waals surface area (Å²) >= 11 is 0. The van der Waals surface area contributed by atoms with Gasteiger partial charge in [0.25, 0.3) is 15.7 Å². The number of non-ortho nitro benzene ring substituents is 1. The second-order valence-corrected chi connectivity index (χ2v) is 11.6. The fourth-order valence-electron chi connectivity index (χ4n) is 3.29. The van der Waals surface area contributed by atoms with Gasteiger partial charge in [-0.2, -0.15) is 4.31 Å². The average Bonchev–Trinajstić information content (AvgIpc) is 2.91. The van der Waals surface area contributed by atoms with Crippen LogP contribution in [0, 0.1) is 10.1 Å². The van der Waals surface area contributed by atoms with E-state index in [9.17, 15) is 36.5 Å². The Kier molecular flexibility index (Phi) is 9.31. The van der Waals surface area contributed by atoms with Crippen molar-refractivity contribution in [2.45, 2.75) is 22.8 Å². The summed E-state index contributed by atoms with van der Waals surface area (Å²) in [5, 5.41) is 22.0. The number of hydroxylamine groups is 1. The standard InChI is InChI=1S/C23H23N5O9S2/c29-22(25-31)14-15-27(16-17-6-10-19(11-7-17)28(32)33)39(36,37)21-12-8-18(9-13-21)24-23(30)26-38(34,35)20-4-2-1-3-5-20/h1-13,31H,14-16H2,(H,25,29)(H2,24,26,30). The van der Waals surface area contributed by atoms with Crippen LogP contribution in [0.25, 0.3) is 0 Å². The average molecular weight is 578 g/mol. The largest absolute Gasteiger partial charge is 0.333 e. The van der Waals surface area contributed by atoms with Gasteiger partial charge in [-0.1, -0.05) is 30.3 Å². The lowest BCUT2D eigenvalue weighted by Crippen LogP contribution is -2.35. The fourth-order valence-corrected chi connectivity index (χ4v) is 5.65. The number of nitro benzene ring substituents is 1. The van der Waals surface area contributed by atoms with Crippen molar-refractivity contribution in [2.75, 3.05) is 11.9 Å². The summed E-state index contributed by atoms with van der Waals surface area (Å²) in [6.07, 6.45) is -0.377. The van der Waals surface area contributed by atoms with Crippen LogP contribution in [-0.4, -0.2) is 49.8 Å². The molecule has 3 aromatic carbocycles. The molecule has 0 saturated heterocycles. The van der Waals surface area contributed by atoms with E-state index in [1.165, 1.54) is 78.3 Å². The number of nitrogens with one attached hydrogen (secondary N) is 3. The molecule has 0 bridgehead atoms. The molecule has 0 heterocycles. The third kappa shape index (κ3) is 7.81. The second kappa shape index (κ2) is 12.4. The number of rotatable bonds is 11. The molecule has 0 saturated carbocycles. The van der Waals surface area contributed by atoms with E-state index in [4.69, 9.17) is 5.21 Å². The second-order valence-electron chi connectivity index (χ2n) is 7.94. The SMILES string of the molecule is O=C(CCN(Cc1ccc([N+](=O)[O-])cc1)S(=O)(=O)c1ccc(NC(=O)NS(=O)(=O)c2ccccc2)cc1)NO. The number of carbonyl (C=O) groups excluding carboxylic acids is 2. The summed E-state index contributed by atoms with van der Waals surface area (Å²) in [5.74, 6) is -0.824. The number of hydrogen-bond acceptors (Lipinski definition) is 9. The van der Waals surface area contributed by atoms with Gasteiger partial charge >= 0.3 is 6.03 Å². The summed E-state index contributed by atoms with van der Waals surface area (Å²) in [6.45, 7) is -0.565. The minimum Gasteiger partial charge on any atom is -0.307 e. The van der Waals surface area contributed by atoms with E-state index in [0.717, 1.165) is 4.31 Å². The van der Waals surface area contributed by atoms with Crippen molar-refractivity contribution in [3.63, 3.8) is 0 Å². The Morgan fingerprint density at radius 1 is 0.872 bits per heavy atom. The summed E-state index contributed by atoms with van der Waals surface area (Å²) in [4.78, 5) is 33.7. The zero-order valence-electron chi connectivity index (χ0n) is 20.1. The van der Waals surface area contributed by atoms with Gasteiger partial charge in [0.2, 0.25) is 15.9 Å². The lowest BCUT2D eigenvalue weighted by molar-refractivity contribution is -0.384. The number of amides is 3. The lowest BCUT2D eigenvalue weighted by Gasteiger charge is -2.22. The molecule has 0 aliphatic heterocycles. The minimum absolute atomic E-state index is 0.0938. The Hall–Kier alpha value is -4.38. The minimum atomic E-state index is -4.23. The predicted molar refractivity (Wildman–Crippen MR) is 137 cm³/mol. The molecule has 3 aromatic rings.